The van der Waals surface area contributed by atoms with E-state index in [0.717, 1.165) is 16.7 Å². The Balaban J connectivity index is 1.49. The highest BCUT2D eigenvalue weighted by Gasteiger charge is 2.33. The topological polar surface area (TPSA) is 53.4 Å². The van der Waals surface area contributed by atoms with Crippen LogP contribution in [0.5, 0.6) is 0 Å². The number of amides is 1. The number of carbonyl (C=O) groups is 1. The molecule has 30 heavy (non-hydrogen) atoms. The molecule has 0 atom stereocenters. The third-order valence-electron chi connectivity index (χ3n) is 4.71. The summed E-state index contributed by atoms with van der Waals surface area (Å²) in [5.74, 6) is -0.188. The standard InChI is InChI=1S/C18H19ClF5N5O/c19-14-2-1-12(9-13(14)18(22,23)24)26-16(30)11-28-7-5-27(6-8-28)10-15-25-3-4-29(15)17(20)21/h1-4,9,17H,5-8,10-11H2,(H,26,30). The van der Waals surface area contributed by atoms with Gasteiger partial charge in [0.05, 0.1) is 23.7 Å². The first kappa shape index (κ1) is 22.4. The van der Waals surface area contributed by atoms with Crippen molar-refractivity contribution in [2.24, 2.45) is 0 Å². The van der Waals surface area contributed by atoms with Crippen LogP contribution in [0.1, 0.15) is 17.9 Å². The average molecular weight is 452 g/mol. The molecule has 2 aromatic rings. The predicted molar refractivity (Wildman–Crippen MR) is 100 cm³/mol. The van der Waals surface area contributed by atoms with Gasteiger partial charge in [-0.1, -0.05) is 11.6 Å². The molecule has 1 fully saturated rings. The first-order valence-corrected chi connectivity index (χ1v) is 9.42. The molecule has 1 aliphatic rings. The van der Waals surface area contributed by atoms with Crippen molar-refractivity contribution >= 4 is 23.2 Å². The van der Waals surface area contributed by atoms with Gasteiger partial charge in [0.2, 0.25) is 5.91 Å². The van der Waals surface area contributed by atoms with Crippen LogP contribution in [0.25, 0.3) is 0 Å². The maximum absolute atomic E-state index is 12.9. The van der Waals surface area contributed by atoms with Crippen LogP contribution >= 0.6 is 11.6 Å². The minimum atomic E-state index is -4.62. The molecular weight excluding hydrogens is 433 g/mol. The Hall–Kier alpha value is -2.24. The predicted octanol–water partition coefficient (Wildman–Crippen LogP) is 3.71. The fraction of sp³-hybridized carbons (Fsp3) is 0.444. The molecule has 0 saturated carbocycles. The quantitative estimate of drug-likeness (QED) is 0.680. The van der Waals surface area contributed by atoms with Gasteiger partial charge in [-0.15, -0.1) is 0 Å². The van der Waals surface area contributed by atoms with Crippen molar-refractivity contribution in [3.63, 3.8) is 0 Å². The van der Waals surface area contributed by atoms with E-state index in [9.17, 15) is 26.7 Å². The summed E-state index contributed by atoms with van der Waals surface area (Å²) >= 11 is 5.57. The Kier molecular flexibility index (Phi) is 6.94. The molecule has 3 rings (SSSR count). The van der Waals surface area contributed by atoms with E-state index in [2.05, 4.69) is 10.3 Å². The zero-order valence-corrected chi connectivity index (χ0v) is 16.4. The van der Waals surface area contributed by atoms with Gasteiger partial charge in [-0.3, -0.25) is 19.2 Å². The average Bonchev–Trinajstić information content (AvgIpc) is 3.12. The summed E-state index contributed by atoms with van der Waals surface area (Å²) in [6.45, 7) is -0.274. The molecule has 0 unspecified atom stereocenters. The summed E-state index contributed by atoms with van der Waals surface area (Å²) in [4.78, 5) is 19.9. The minimum Gasteiger partial charge on any atom is -0.325 e. The van der Waals surface area contributed by atoms with Crippen LogP contribution in [0.15, 0.2) is 30.6 Å². The number of nitrogens with zero attached hydrogens (tertiary/aromatic N) is 4. The number of nitrogens with one attached hydrogen (secondary N) is 1. The number of rotatable bonds is 6. The van der Waals surface area contributed by atoms with E-state index in [-0.39, 0.29) is 24.6 Å². The third-order valence-corrected chi connectivity index (χ3v) is 5.04. The van der Waals surface area contributed by atoms with Crippen molar-refractivity contribution in [3.8, 4) is 0 Å². The summed E-state index contributed by atoms with van der Waals surface area (Å²) in [6, 6.07) is 3.18. The number of piperazine rings is 1. The molecular formula is C18H19ClF5N5O. The zero-order chi connectivity index (χ0) is 21.9. The molecule has 1 N–H and O–H groups in total. The number of hydrogen-bond donors (Lipinski definition) is 1. The fourth-order valence-electron chi connectivity index (χ4n) is 3.17. The van der Waals surface area contributed by atoms with Crippen molar-refractivity contribution in [2.75, 3.05) is 38.0 Å². The van der Waals surface area contributed by atoms with Gasteiger partial charge in [-0.2, -0.15) is 22.0 Å². The SMILES string of the molecule is O=C(CN1CCN(Cc2nccn2C(F)F)CC1)Nc1ccc(Cl)c(C(F)(F)F)c1. The molecule has 1 aliphatic heterocycles. The van der Waals surface area contributed by atoms with E-state index in [0.29, 0.717) is 26.2 Å². The number of hydrogen-bond acceptors (Lipinski definition) is 4. The molecule has 12 heteroatoms. The van der Waals surface area contributed by atoms with Crippen molar-refractivity contribution in [1.82, 2.24) is 19.4 Å². The number of anilines is 1. The molecule has 0 radical (unpaired) electrons. The van der Waals surface area contributed by atoms with Crippen molar-refractivity contribution in [3.05, 3.63) is 47.0 Å². The zero-order valence-electron chi connectivity index (χ0n) is 15.7. The lowest BCUT2D eigenvalue weighted by molar-refractivity contribution is -0.137. The normalized spacial score (nSPS) is 16.2. The van der Waals surface area contributed by atoms with E-state index in [1.54, 1.807) is 0 Å². The van der Waals surface area contributed by atoms with Gasteiger partial charge in [0.1, 0.15) is 5.82 Å². The van der Waals surface area contributed by atoms with Crippen LogP contribution in [0.2, 0.25) is 5.02 Å². The van der Waals surface area contributed by atoms with Crippen molar-refractivity contribution < 1.29 is 26.7 Å². The van der Waals surface area contributed by atoms with E-state index in [4.69, 9.17) is 11.6 Å². The second kappa shape index (κ2) is 9.27. The summed E-state index contributed by atoms with van der Waals surface area (Å²) in [5, 5.41) is 2.01. The highest BCUT2D eigenvalue weighted by Crippen LogP contribution is 2.36. The Bertz CT molecular complexity index is 880. The lowest BCUT2D eigenvalue weighted by Gasteiger charge is -2.34. The van der Waals surface area contributed by atoms with E-state index < -0.39 is 29.2 Å². The number of benzene rings is 1. The largest absolute Gasteiger partial charge is 0.417 e. The van der Waals surface area contributed by atoms with Gasteiger partial charge in [0, 0.05) is 44.3 Å². The van der Waals surface area contributed by atoms with Gasteiger partial charge in [-0.05, 0) is 18.2 Å². The van der Waals surface area contributed by atoms with Crippen molar-refractivity contribution in [1.29, 1.82) is 0 Å². The minimum absolute atomic E-state index is 0.00345. The van der Waals surface area contributed by atoms with Crippen LogP contribution in [0.3, 0.4) is 0 Å². The summed E-state index contributed by atoms with van der Waals surface area (Å²) in [7, 11) is 0. The molecule has 0 bridgehead atoms. The number of carbonyl (C=O) groups excluding carboxylic acids is 1. The van der Waals surface area contributed by atoms with Gasteiger partial charge in [-0.25, -0.2) is 4.98 Å². The molecule has 1 aromatic heterocycles. The Morgan fingerprint density at radius 3 is 2.47 bits per heavy atom. The van der Waals surface area contributed by atoms with Crippen LogP contribution in [0.4, 0.5) is 27.6 Å². The van der Waals surface area contributed by atoms with E-state index in [1.165, 1.54) is 18.5 Å². The fourth-order valence-corrected chi connectivity index (χ4v) is 3.40. The summed E-state index contributed by atoms with van der Waals surface area (Å²) < 4.78 is 65.4. The Morgan fingerprint density at radius 1 is 1.17 bits per heavy atom. The molecule has 0 spiro atoms. The molecule has 0 aliphatic carbocycles. The van der Waals surface area contributed by atoms with Gasteiger partial charge in [0.25, 0.3) is 0 Å². The molecule has 164 valence electrons. The lowest BCUT2D eigenvalue weighted by Crippen LogP contribution is -2.48. The van der Waals surface area contributed by atoms with Crippen LogP contribution < -0.4 is 5.32 Å². The van der Waals surface area contributed by atoms with E-state index in [1.807, 2.05) is 9.80 Å². The third kappa shape index (κ3) is 5.67. The number of imidazole rings is 1. The van der Waals surface area contributed by atoms with Crippen LogP contribution in [-0.4, -0.2) is 58.0 Å². The Labute approximate surface area is 174 Å². The second-order valence-corrected chi connectivity index (χ2v) is 7.23. The maximum Gasteiger partial charge on any atom is 0.417 e. The number of halogens is 6. The summed E-state index contributed by atoms with van der Waals surface area (Å²) in [5.41, 5.74) is -1.01. The highest BCUT2D eigenvalue weighted by atomic mass is 35.5. The lowest BCUT2D eigenvalue weighted by atomic mass is 10.2. The number of aromatic nitrogens is 2. The van der Waals surface area contributed by atoms with Crippen LogP contribution in [0, 0.1) is 0 Å². The monoisotopic (exact) mass is 451 g/mol. The summed E-state index contributed by atoms with van der Waals surface area (Å²) in [6.07, 6.45) is -2.07. The van der Waals surface area contributed by atoms with Crippen LogP contribution in [-0.2, 0) is 17.5 Å². The van der Waals surface area contributed by atoms with Crippen molar-refractivity contribution in [2.45, 2.75) is 19.3 Å². The van der Waals surface area contributed by atoms with Gasteiger partial charge in [0.15, 0.2) is 0 Å². The van der Waals surface area contributed by atoms with Gasteiger partial charge >= 0.3 is 12.7 Å². The molecule has 2 heterocycles. The number of alkyl halides is 5. The molecule has 1 saturated heterocycles. The molecule has 1 amide bonds. The van der Waals surface area contributed by atoms with E-state index >= 15 is 0 Å². The maximum atomic E-state index is 12.9. The Morgan fingerprint density at radius 2 is 1.83 bits per heavy atom. The molecule has 6 nitrogen and oxygen atoms in total. The second-order valence-electron chi connectivity index (χ2n) is 6.82. The smallest absolute Gasteiger partial charge is 0.325 e. The first-order valence-electron chi connectivity index (χ1n) is 9.04. The van der Waals surface area contributed by atoms with Gasteiger partial charge < -0.3 is 5.32 Å². The highest BCUT2D eigenvalue weighted by molar-refractivity contribution is 6.31. The molecule has 1 aromatic carbocycles. The first-order chi connectivity index (χ1) is 14.1.